The molecule has 110 valence electrons. The van der Waals surface area contributed by atoms with Gasteiger partial charge < -0.3 is 14.4 Å². The molecule has 5 heteroatoms. The molecule has 20 heavy (non-hydrogen) atoms. The summed E-state index contributed by atoms with van der Waals surface area (Å²) in [4.78, 5) is 24.5. The minimum absolute atomic E-state index is 0.427. The largest absolute Gasteiger partial charge is 0.444 e. The fourth-order valence-corrected chi connectivity index (χ4v) is 1.73. The van der Waals surface area contributed by atoms with E-state index in [4.69, 9.17) is 16.3 Å². The van der Waals surface area contributed by atoms with Crippen LogP contribution in [0.2, 0.25) is 5.02 Å². The van der Waals surface area contributed by atoms with Crippen molar-refractivity contribution < 1.29 is 14.3 Å². The van der Waals surface area contributed by atoms with Crippen LogP contribution in [0.25, 0.3) is 0 Å². The number of carbonyl (C=O) groups is 2. The zero-order chi connectivity index (χ0) is 15.3. The second-order valence-electron chi connectivity index (χ2n) is 5.63. The molecule has 0 fully saturated rings. The predicted molar refractivity (Wildman–Crippen MR) is 79.0 cm³/mol. The lowest BCUT2D eigenvalue weighted by Crippen LogP contribution is -2.42. The summed E-state index contributed by atoms with van der Waals surface area (Å²) in [6, 6.07) is 6.62. The van der Waals surface area contributed by atoms with Crippen LogP contribution in [-0.4, -0.2) is 36.0 Å². The van der Waals surface area contributed by atoms with Crippen molar-refractivity contribution in [1.82, 2.24) is 4.90 Å². The van der Waals surface area contributed by atoms with E-state index >= 15 is 0 Å². The first-order valence-corrected chi connectivity index (χ1v) is 6.76. The zero-order valence-electron chi connectivity index (χ0n) is 12.2. The standard InChI is InChI=1S/C15H20ClNO3/c1-15(2,3)20-14(19)17(4)13(10-18)9-11-5-7-12(16)8-6-11/h5-8,10,13H,9H2,1-4H3. The number of rotatable bonds is 4. The van der Waals surface area contributed by atoms with Crippen LogP contribution in [0.1, 0.15) is 26.3 Å². The number of benzene rings is 1. The zero-order valence-corrected chi connectivity index (χ0v) is 13.0. The van der Waals surface area contributed by atoms with Crippen LogP contribution < -0.4 is 0 Å². The minimum Gasteiger partial charge on any atom is -0.444 e. The molecule has 0 aliphatic rings. The van der Waals surface area contributed by atoms with Crippen molar-refractivity contribution in [2.24, 2.45) is 0 Å². The van der Waals surface area contributed by atoms with Gasteiger partial charge in [0.2, 0.25) is 0 Å². The second-order valence-corrected chi connectivity index (χ2v) is 6.06. The van der Waals surface area contributed by atoms with E-state index in [2.05, 4.69) is 0 Å². The van der Waals surface area contributed by atoms with Crippen LogP contribution in [0, 0.1) is 0 Å². The molecule has 0 saturated carbocycles. The lowest BCUT2D eigenvalue weighted by atomic mass is 10.1. The molecule has 1 unspecified atom stereocenters. The van der Waals surface area contributed by atoms with Gasteiger partial charge in [-0.05, 0) is 44.9 Å². The number of carbonyl (C=O) groups excluding carboxylic acids is 2. The van der Waals surface area contributed by atoms with Crippen LogP contribution in [-0.2, 0) is 16.0 Å². The molecule has 0 aromatic heterocycles. The van der Waals surface area contributed by atoms with Gasteiger partial charge >= 0.3 is 6.09 Å². The van der Waals surface area contributed by atoms with Crippen LogP contribution in [0.3, 0.4) is 0 Å². The van der Waals surface area contributed by atoms with Gasteiger partial charge in [-0.2, -0.15) is 0 Å². The monoisotopic (exact) mass is 297 g/mol. The summed E-state index contributed by atoms with van der Waals surface area (Å²) < 4.78 is 5.25. The van der Waals surface area contributed by atoms with Crippen LogP contribution in [0.15, 0.2) is 24.3 Å². The number of halogens is 1. The smallest absolute Gasteiger partial charge is 0.410 e. The van der Waals surface area contributed by atoms with Crippen molar-refractivity contribution in [3.63, 3.8) is 0 Å². The van der Waals surface area contributed by atoms with Gasteiger partial charge in [-0.25, -0.2) is 4.79 Å². The number of likely N-dealkylation sites (N-methyl/N-ethyl adjacent to an activating group) is 1. The highest BCUT2D eigenvalue weighted by Gasteiger charge is 2.25. The van der Waals surface area contributed by atoms with E-state index in [0.717, 1.165) is 11.8 Å². The summed E-state index contributed by atoms with van der Waals surface area (Å²) in [5.74, 6) is 0. The topological polar surface area (TPSA) is 46.6 Å². The summed E-state index contributed by atoms with van der Waals surface area (Å²) in [5.41, 5.74) is 0.348. The molecule has 0 saturated heterocycles. The Bertz CT molecular complexity index is 465. The van der Waals surface area contributed by atoms with Gasteiger partial charge in [0, 0.05) is 12.1 Å². The third-order valence-electron chi connectivity index (χ3n) is 2.69. The number of hydrogen-bond donors (Lipinski definition) is 0. The Morgan fingerprint density at radius 3 is 2.35 bits per heavy atom. The van der Waals surface area contributed by atoms with Crippen molar-refractivity contribution in [3.05, 3.63) is 34.9 Å². The predicted octanol–water partition coefficient (Wildman–Crippen LogP) is 3.32. The van der Waals surface area contributed by atoms with E-state index in [0.29, 0.717) is 11.4 Å². The lowest BCUT2D eigenvalue weighted by molar-refractivity contribution is -0.112. The molecular weight excluding hydrogens is 278 g/mol. The molecular formula is C15H20ClNO3. The van der Waals surface area contributed by atoms with Crippen molar-refractivity contribution >= 4 is 24.0 Å². The van der Waals surface area contributed by atoms with Crippen LogP contribution in [0.4, 0.5) is 4.79 Å². The Hall–Kier alpha value is -1.55. The van der Waals surface area contributed by atoms with Gasteiger partial charge in [0.15, 0.2) is 0 Å². The van der Waals surface area contributed by atoms with Crippen LogP contribution in [0.5, 0.6) is 0 Å². The summed E-state index contributed by atoms with van der Waals surface area (Å²) in [6.07, 6.45) is 0.665. The first-order chi connectivity index (χ1) is 9.23. The van der Waals surface area contributed by atoms with E-state index < -0.39 is 17.7 Å². The maximum Gasteiger partial charge on any atom is 0.410 e. The molecule has 0 radical (unpaired) electrons. The highest BCUT2D eigenvalue weighted by molar-refractivity contribution is 6.30. The third-order valence-corrected chi connectivity index (χ3v) is 2.95. The van der Waals surface area contributed by atoms with E-state index in [1.165, 1.54) is 4.90 Å². The SMILES string of the molecule is CN(C(=O)OC(C)(C)C)C(C=O)Cc1ccc(Cl)cc1. The quantitative estimate of drug-likeness (QED) is 0.801. The summed E-state index contributed by atoms with van der Waals surface area (Å²) in [6.45, 7) is 5.36. The average molecular weight is 298 g/mol. The maximum absolute atomic E-state index is 11.9. The molecule has 1 atom stereocenters. The molecule has 0 aliphatic carbocycles. The normalized spacial score (nSPS) is 12.7. The molecule has 0 heterocycles. The Labute approximate surface area is 124 Å². The summed E-state index contributed by atoms with van der Waals surface area (Å²) in [7, 11) is 1.56. The molecule has 1 rings (SSSR count). The molecule has 0 bridgehead atoms. The summed E-state index contributed by atoms with van der Waals surface area (Å²) >= 11 is 5.81. The van der Waals surface area contributed by atoms with Crippen molar-refractivity contribution in [3.8, 4) is 0 Å². The van der Waals surface area contributed by atoms with E-state index in [1.807, 2.05) is 12.1 Å². The number of ether oxygens (including phenoxy) is 1. The van der Waals surface area contributed by atoms with Crippen molar-refractivity contribution in [1.29, 1.82) is 0 Å². The fraction of sp³-hybridized carbons (Fsp3) is 0.467. The number of hydrogen-bond acceptors (Lipinski definition) is 3. The van der Waals surface area contributed by atoms with Crippen LogP contribution >= 0.6 is 11.6 Å². The van der Waals surface area contributed by atoms with Gasteiger partial charge in [0.25, 0.3) is 0 Å². The Morgan fingerprint density at radius 1 is 1.35 bits per heavy atom. The highest BCUT2D eigenvalue weighted by Crippen LogP contribution is 2.14. The first-order valence-electron chi connectivity index (χ1n) is 6.38. The molecule has 4 nitrogen and oxygen atoms in total. The minimum atomic E-state index is -0.584. The maximum atomic E-state index is 11.9. The van der Waals surface area contributed by atoms with Gasteiger partial charge in [-0.1, -0.05) is 23.7 Å². The van der Waals surface area contributed by atoms with E-state index in [1.54, 1.807) is 40.0 Å². The molecule has 0 N–H and O–H groups in total. The average Bonchev–Trinajstić information content (AvgIpc) is 2.35. The number of nitrogens with zero attached hydrogens (tertiary/aromatic N) is 1. The van der Waals surface area contributed by atoms with Gasteiger partial charge in [-0.3, -0.25) is 0 Å². The molecule has 0 spiro atoms. The Balaban J connectivity index is 2.72. The fourth-order valence-electron chi connectivity index (χ4n) is 1.61. The molecule has 1 aromatic rings. The number of aldehydes is 1. The molecule has 1 amide bonds. The lowest BCUT2D eigenvalue weighted by Gasteiger charge is -2.28. The third kappa shape index (κ3) is 5.21. The van der Waals surface area contributed by atoms with Gasteiger partial charge in [0.1, 0.15) is 11.9 Å². The first kappa shape index (κ1) is 16.5. The van der Waals surface area contributed by atoms with E-state index in [-0.39, 0.29) is 0 Å². The van der Waals surface area contributed by atoms with Crippen molar-refractivity contribution in [2.75, 3.05) is 7.05 Å². The van der Waals surface area contributed by atoms with E-state index in [9.17, 15) is 9.59 Å². The summed E-state index contributed by atoms with van der Waals surface area (Å²) in [5, 5.41) is 0.636. The number of amides is 1. The highest BCUT2D eigenvalue weighted by atomic mass is 35.5. The van der Waals surface area contributed by atoms with Gasteiger partial charge in [0.05, 0.1) is 6.04 Å². The molecule has 0 aliphatic heterocycles. The van der Waals surface area contributed by atoms with Crippen molar-refractivity contribution in [2.45, 2.75) is 38.8 Å². The Kier molecular flexibility index (Phi) is 5.57. The Morgan fingerprint density at radius 2 is 1.90 bits per heavy atom. The molecule has 1 aromatic carbocycles. The second kappa shape index (κ2) is 6.75. The van der Waals surface area contributed by atoms with Gasteiger partial charge in [-0.15, -0.1) is 0 Å².